The van der Waals surface area contributed by atoms with Crippen LogP contribution in [0, 0.1) is 11.8 Å². The average molecular weight is 333 g/mol. The van der Waals surface area contributed by atoms with Crippen molar-refractivity contribution in [3.8, 4) is 0 Å². The number of piperidine rings is 1. The fourth-order valence-corrected chi connectivity index (χ4v) is 3.00. The van der Waals surface area contributed by atoms with Gasteiger partial charge in [0.1, 0.15) is 0 Å². The SMILES string of the molecule is C=C/C(C)=C(\C=C)[C@H]1C(C)[C@@H](/C=C/N(C)C)CCN1C=O.NC=O. The lowest BCUT2D eigenvalue weighted by molar-refractivity contribution is -0.122. The van der Waals surface area contributed by atoms with E-state index < -0.39 is 0 Å². The highest BCUT2D eigenvalue weighted by molar-refractivity contribution is 5.51. The Morgan fingerprint density at radius 3 is 2.25 bits per heavy atom. The predicted molar refractivity (Wildman–Crippen MR) is 100 cm³/mol. The standard InChI is InChI=1S/C18H28N2O.CH3NO/c1-7-14(3)17(8-2)18-15(4)16(9-11-19(5)6)10-12-20(18)13-21;2-1-3/h7-9,11,13,15-16,18H,1-2,10,12H2,3-6H3;1H,(H2,2,3)/b11-9+,17-14+;/t15?,16-,18+;/m0./s1. The lowest BCUT2D eigenvalue weighted by Gasteiger charge is -2.43. The fourth-order valence-electron chi connectivity index (χ4n) is 3.00. The van der Waals surface area contributed by atoms with Crippen LogP contribution in [-0.2, 0) is 9.59 Å². The van der Waals surface area contributed by atoms with Crippen LogP contribution in [-0.4, -0.2) is 49.3 Å². The van der Waals surface area contributed by atoms with Crippen LogP contribution in [0.4, 0.5) is 0 Å². The first-order valence-electron chi connectivity index (χ1n) is 8.04. The molecule has 3 atom stereocenters. The van der Waals surface area contributed by atoms with Crippen LogP contribution in [0.1, 0.15) is 20.3 Å². The van der Waals surface area contributed by atoms with Gasteiger partial charge in [-0.3, -0.25) is 9.59 Å². The van der Waals surface area contributed by atoms with Crippen molar-refractivity contribution in [2.45, 2.75) is 26.3 Å². The molecule has 0 aliphatic carbocycles. The number of amides is 2. The molecule has 0 saturated carbocycles. The molecular formula is C19H31N3O2. The lowest BCUT2D eigenvalue weighted by Crippen LogP contribution is -2.48. The largest absolute Gasteiger partial charge is 0.384 e. The molecule has 134 valence electrons. The van der Waals surface area contributed by atoms with Crippen molar-refractivity contribution in [1.82, 2.24) is 9.80 Å². The molecule has 5 heteroatoms. The van der Waals surface area contributed by atoms with Crippen molar-refractivity contribution in [3.63, 3.8) is 0 Å². The summed E-state index contributed by atoms with van der Waals surface area (Å²) in [5.41, 5.74) is 6.36. The molecule has 1 aliphatic heterocycles. The van der Waals surface area contributed by atoms with Crippen LogP contribution < -0.4 is 5.73 Å². The van der Waals surface area contributed by atoms with Gasteiger partial charge in [-0.15, -0.1) is 0 Å². The van der Waals surface area contributed by atoms with E-state index in [1.54, 1.807) is 0 Å². The number of nitrogens with two attached hydrogens (primary N) is 1. The first-order valence-corrected chi connectivity index (χ1v) is 8.04. The summed E-state index contributed by atoms with van der Waals surface area (Å²) in [6, 6.07) is 0.0727. The summed E-state index contributed by atoms with van der Waals surface area (Å²) in [5, 5.41) is 0. The van der Waals surface area contributed by atoms with Crippen molar-refractivity contribution in [2.75, 3.05) is 20.6 Å². The minimum Gasteiger partial charge on any atom is -0.384 e. The molecule has 5 nitrogen and oxygen atoms in total. The molecule has 2 amide bonds. The molecule has 0 spiro atoms. The number of hydrogen-bond acceptors (Lipinski definition) is 3. The number of carbonyl (C=O) groups excluding carboxylic acids is 2. The minimum atomic E-state index is 0.0727. The van der Waals surface area contributed by atoms with Gasteiger partial charge in [-0.2, -0.15) is 0 Å². The molecule has 1 saturated heterocycles. The normalized spacial score (nSPS) is 24.3. The summed E-state index contributed by atoms with van der Waals surface area (Å²) in [5.74, 6) is 0.809. The second kappa shape index (κ2) is 11.3. The third-order valence-corrected chi connectivity index (χ3v) is 4.32. The molecule has 1 fully saturated rings. The zero-order chi connectivity index (χ0) is 18.7. The maximum atomic E-state index is 11.4. The second-order valence-electron chi connectivity index (χ2n) is 6.09. The molecular weight excluding hydrogens is 302 g/mol. The Labute approximate surface area is 146 Å². The third-order valence-electron chi connectivity index (χ3n) is 4.32. The van der Waals surface area contributed by atoms with E-state index in [0.29, 0.717) is 11.8 Å². The highest BCUT2D eigenvalue weighted by atomic mass is 16.1. The van der Waals surface area contributed by atoms with Gasteiger partial charge in [0.25, 0.3) is 0 Å². The highest BCUT2D eigenvalue weighted by Gasteiger charge is 2.35. The van der Waals surface area contributed by atoms with E-state index in [1.807, 2.05) is 43.0 Å². The molecule has 1 heterocycles. The Hall–Kier alpha value is -2.30. The van der Waals surface area contributed by atoms with E-state index in [4.69, 9.17) is 4.79 Å². The van der Waals surface area contributed by atoms with Gasteiger partial charge in [-0.1, -0.05) is 38.3 Å². The van der Waals surface area contributed by atoms with Crippen molar-refractivity contribution in [1.29, 1.82) is 0 Å². The maximum Gasteiger partial charge on any atom is 0.210 e. The zero-order valence-electron chi connectivity index (χ0n) is 15.3. The van der Waals surface area contributed by atoms with Gasteiger partial charge >= 0.3 is 0 Å². The van der Waals surface area contributed by atoms with Gasteiger partial charge in [-0.25, -0.2) is 0 Å². The first kappa shape index (κ1) is 21.7. The van der Waals surface area contributed by atoms with Crippen LogP contribution in [0.25, 0.3) is 0 Å². The van der Waals surface area contributed by atoms with Gasteiger partial charge < -0.3 is 15.5 Å². The molecule has 1 unspecified atom stereocenters. The van der Waals surface area contributed by atoms with E-state index in [0.717, 1.165) is 30.5 Å². The summed E-state index contributed by atoms with van der Waals surface area (Å²) in [7, 11) is 4.05. The predicted octanol–water partition coefficient (Wildman–Crippen LogP) is 2.33. The molecule has 1 rings (SSSR count). The van der Waals surface area contributed by atoms with E-state index >= 15 is 0 Å². The summed E-state index contributed by atoms with van der Waals surface area (Å²) >= 11 is 0. The summed E-state index contributed by atoms with van der Waals surface area (Å²) in [4.78, 5) is 24.0. The summed E-state index contributed by atoms with van der Waals surface area (Å²) < 4.78 is 0. The minimum absolute atomic E-state index is 0.0727. The number of carbonyl (C=O) groups is 2. The Kier molecular flexibility index (Phi) is 10.2. The molecule has 1 aliphatic rings. The molecule has 0 bridgehead atoms. The third kappa shape index (κ3) is 6.07. The Morgan fingerprint density at radius 1 is 1.25 bits per heavy atom. The monoisotopic (exact) mass is 333 g/mol. The lowest BCUT2D eigenvalue weighted by atomic mass is 9.77. The number of allylic oxidation sites excluding steroid dienone is 3. The van der Waals surface area contributed by atoms with Gasteiger partial charge in [0.2, 0.25) is 12.8 Å². The number of likely N-dealkylation sites (tertiary alicyclic amines) is 1. The second-order valence-corrected chi connectivity index (χ2v) is 6.09. The van der Waals surface area contributed by atoms with E-state index in [-0.39, 0.29) is 12.5 Å². The van der Waals surface area contributed by atoms with E-state index in [9.17, 15) is 4.79 Å². The molecule has 0 radical (unpaired) electrons. The quantitative estimate of drug-likeness (QED) is 0.599. The van der Waals surface area contributed by atoms with Crippen LogP contribution in [0.2, 0.25) is 0 Å². The molecule has 24 heavy (non-hydrogen) atoms. The Morgan fingerprint density at radius 2 is 1.83 bits per heavy atom. The van der Waals surface area contributed by atoms with Crippen LogP contribution in [0.15, 0.2) is 48.7 Å². The van der Waals surface area contributed by atoms with Crippen LogP contribution >= 0.6 is 0 Å². The number of nitrogens with zero attached hydrogens (tertiary/aromatic N) is 2. The van der Waals surface area contributed by atoms with Gasteiger partial charge in [0.05, 0.1) is 6.04 Å². The topological polar surface area (TPSA) is 66.6 Å². The highest BCUT2D eigenvalue weighted by Crippen LogP contribution is 2.34. The van der Waals surface area contributed by atoms with Crippen molar-refractivity contribution in [3.05, 3.63) is 48.7 Å². The van der Waals surface area contributed by atoms with E-state index in [1.165, 1.54) is 0 Å². The molecule has 0 aromatic heterocycles. The first-order chi connectivity index (χ1) is 11.4. The Bertz CT molecular complexity index is 495. The van der Waals surface area contributed by atoms with Crippen molar-refractivity contribution in [2.24, 2.45) is 17.6 Å². The van der Waals surface area contributed by atoms with Gasteiger partial charge in [-0.05, 0) is 42.5 Å². The maximum absolute atomic E-state index is 11.4. The smallest absolute Gasteiger partial charge is 0.210 e. The van der Waals surface area contributed by atoms with Crippen molar-refractivity contribution < 1.29 is 9.59 Å². The fraction of sp³-hybridized carbons (Fsp3) is 0.474. The number of hydrogen-bond donors (Lipinski definition) is 1. The molecule has 2 N–H and O–H groups in total. The zero-order valence-corrected chi connectivity index (χ0v) is 15.3. The Balaban J connectivity index is 0.00000163. The van der Waals surface area contributed by atoms with Crippen LogP contribution in [0.3, 0.4) is 0 Å². The van der Waals surface area contributed by atoms with E-state index in [2.05, 4.69) is 38.1 Å². The van der Waals surface area contributed by atoms with Gasteiger partial charge in [0.15, 0.2) is 0 Å². The number of rotatable bonds is 6. The van der Waals surface area contributed by atoms with Gasteiger partial charge in [0, 0.05) is 20.6 Å². The molecule has 0 aromatic carbocycles. The number of primary amides is 1. The average Bonchev–Trinajstić information content (AvgIpc) is 2.55. The summed E-state index contributed by atoms with van der Waals surface area (Å²) in [6.45, 7) is 12.8. The summed E-state index contributed by atoms with van der Waals surface area (Å²) in [6.07, 6.45) is 10.3. The van der Waals surface area contributed by atoms with Crippen molar-refractivity contribution >= 4 is 12.8 Å². The van der Waals surface area contributed by atoms with Crippen LogP contribution in [0.5, 0.6) is 0 Å². The molecule has 0 aromatic rings.